The second kappa shape index (κ2) is 51.6. The number of carbonyl (C=O) groups excluding carboxylic acids is 5. The molecule has 5 amide bonds. The number of rotatable bonds is 32. The highest BCUT2D eigenvalue weighted by molar-refractivity contribution is 7.91. The van der Waals surface area contributed by atoms with Gasteiger partial charge in [-0.25, -0.2) is 55.3 Å². The molecule has 772 valence electrons. The van der Waals surface area contributed by atoms with Gasteiger partial charge >= 0.3 is 5.97 Å². The highest BCUT2D eigenvalue weighted by Crippen LogP contribution is 2.39. The third-order valence-corrected chi connectivity index (χ3v) is 41.8. The van der Waals surface area contributed by atoms with Crippen molar-refractivity contribution in [3.05, 3.63) is 284 Å². The summed E-state index contributed by atoms with van der Waals surface area (Å²) in [6.45, 7) is 19.6. The first-order valence-corrected chi connectivity index (χ1v) is 61.2. The van der Waals surface area contributed by atoms with Crippen molar-refractivity contribution in [2.24, 2.45) is 0 Å². The number of carboxylic acid groups (broad SMARTS) is 1. The van der Waals surface area contributed by atoms with Gasteiger partial charge in [0.05, 0.1) is 33.5 Å². The van der Waals surface area contributed by atoms with Crippen molar-refractivity contribution in [1.29, 1.82) is 0 Å². The molecule has 143 heavy (non-hydrogen) atoms. The number of carbonyl (C=O) groups is 6. The molecule has 3 aliphatic heterocycles. The van der Waals surface area contributed by atoms with Crippen molar-refractivity contribution in [3.63, 3.8) is 0 Å². The van der Waals surface area contributed by atoms with Crippen LogP contribution in [-0.4, -0.2) is 290 Å². The molecular weight excluding hydrogens is 1980 g/mol. The molecule has 0 spiro atoms. The average molecular weight is 2110 g/mol. The molecule has 3 atom stereocenters. The van der Waals surface area contributed by atoms with Crippen LogP contribution < -0.4 is 42.0 Å². The number of amides is 5. The van der Waals surface area contributed by atoms with Crippen LogP contribution in [0, 0.1) is 0 Å². The van der Waals surface area contributed by atoms with Gasteiger partial charge in [0.2, 0.25) is 41.9 Å². The first-order valence-electron chi connectivity index (χ1n) is 47.9. The van der Waals surface area contributed by atoms with Crippen LogP contribution in [0.25, 0.3) is 33.4 Å². The van der Waals surface area contributed by atoms with E-state index in [-0.39, 0.29) is 128 Å². The van der Waals surface area contributed by atoms with Gasteiger partial charge in [-0.3, -0.25) is 24.0 Å². The topological polar surface area (TPSA) is 430 Å². The highest BCUT2D eigenvalue weighted by Gasteiger charge is 2.52. The number of sulfone groups is 3. The maximum absolute atomic E-state index is 14.1. The van der Waals surface area contributed by atoms with Crippen LogP contribution in [0.1, 0.15) is 116 Å². The molecule has 31 nitrogen and oxygen atoms in total. The summed E-state index contributed by atoms with van der Waals surface area (Å²) in [6, 6.07) is 77.2. The molecule has 6 N–H and O–H groups in total. The fourth-order valence-electron chi connectivity index (χ4n) is 16.8. The third kappa shape index (κ3) is 32.2. The summed E-state index contributed by atoms with van der Waals surface area (Å²) in [5.41, 5.74) is 5.74. The molecule has 0 saturated carbocycles. The van der Waals surface area contributed by atoms with Crippen LogP contribution >= 0.6 is 0 Å². The summed E-state index contributed by atoms with van der Waals surface area (Å²) >= 11 is 0. The number of aliphatic hydroxyl groups excluding tert-OH is 1. The summed E-state index contributed by atoms with van der Waals surface area (Å²) < 4.78 is 170. The molecule has 0 radical (unpaired) electrons. The average Bonchev–Trinajstić information content (AvgIpc) is 0.748. The molecule has 3 fully saturated rings. The Morgan fingerprint density at radius 2 is 0.587 bits per heavy atom. The fourth-order valence-corrected chi connectivity index (χ4v) is 30.4. The summed E-state index contributed by atoms with van der Waals surface area (Å²) in [5, 5.41) is 34.6. The number of carboxylic acids is 1. The zero-order valence-corrected chi connectivity index (χ0v) is 90.2. The van der Waals surface area contributed by atoms with E-state index < -0.39 is 118 Å². The Bertz CT molecular complexity index is 6590. The Hall–Kier alpha value is -11.1. The van der Waals surface area contributed by atoms with Crippen molar-refractivity contribution in [2.75, 3.05) is 136 Å². The van der Waals surface area contributed by atoms with Crippen LogP contribution in [0.5, 0.6) is 0 Å². The molecule has 10 aromatic rings. The third-order valence-electron chi connectivity index (χ3n) is 24.4. The Morgan fingerprint density at radius 3 is 0.804 bits per heavy atom. The zero-order chi connectivity index (χ0) is 107. The maximum atomic E-state index is 14.1. The number of sulfonamides is 3. The second-order valence-electron chi connectivity index (χ2n) is 36.5. The first kappa shape index (κ1) is 114. The van der Waals surface area contributed by atoms with E-state index in [4.69, 9.17) is 11.6 Å². The van der Waals surface area contributed by atoms with Crippen molar-refractivity contribution in [2.45, 2.75) is 125 Å². The van der Waals surface area contributed by atoms with E-state index in [2.05, 4.69) is 111 Å². The molecule has 10 aromatic carbocycles. The predicted molar refractivity (Wildman–Crippen MR) is 568 cm³/mol. The van der Waals surface area contributed by atoms with Gasteiger partial charge < -0.3 is 50.1 Å². The molecule has 13 rings (SSSR count). The van der Waals surface area contributed by atoms with Crippen LogP contribution in [0.2, 0.25) is 10.1 Å². The molecule has 0 unspecified atom stereocenters. The van der Waals surface area contributed by atoms with Crippen molar-refractivity contribution in [1.82, 2.24) is 44.0 Å². The van der Waals surface area contributed by atoms with Gasteiger partial charge in [-0.1, -0.05) is 257 Å². The van der Waals surface area contributed by atoms with Crippen LogP contribution in [0.15, 0.2) is 282 Å². The number of piperazine rings is 3. The van der Waals surface area contributed by atoms with Gasteiger partial charge in [-0.05, 0) is 150 Å². The summed E-state index contributed by atoms with van der Waals surface area (Å²) in [4.78, 5) is 82.6. The fraction of sp³-hybridized carbons (Fsp3) is 0.365. The van der Waals surface area contributed by atoms with Gasteiger partial charge in [0.25, 0.3) is 34.4 Å². The number of aliphatic hydroxyl groups is 1. The Balaban J connectivity index is 0.000000251. The molecule has 0 aliphatic carbocycles. The molecule has 3 saturated heterocycles. The van der Waals surface area contributed by atoms with Gasteiger partial charge in [-0.2, -0.15) is 12.9 Å². The van der Waals surface area contributed by atoms with Gasteiger partial charge in [0.1, 0.15) is 18.1 Å². The maximum Gasteiger partial charge on any atom is 0.326 e. The number of aliphatic carboxylic acids is 1. The van der Waals surface area contributed by atoms with E-state index >= 15 is 0 Å². The quantitative estimate of drug-likeness (QED) is 0.0213. The van der Waals surface area contributed by atoms with Crippen molar-refractivity contribution >= 4 is 132 Å². The normalized spacial score (nSPS) is 15.1. The predicted octanol–water partition coefficient (Wildman–Crippen LogP) is 9.69. The molecular formula is C104H135N9O22S6Si2. The number of benzene rings is 10. The molecule has 0 aromatic heterocycles. The highest BCUT2D eigenvalue weighted by atomic mass is 32.2. The smallest absolute Gasteiger partial charge is 0.326 e. The summed E-state index contributed by atoms with van der Waals surface area (Å²) in [7, 11) is -24.1. The first-order chi connectivity index (χ1) is 68.2. The van der Waals surface area contributed by atoms with Gasteiger partial charge in [-0.15, -0.1) is 0 Å². The standard InChI is InChI=1S/C39H47N3O7S2Si.C34H37NO6SSi.C23H29N3O7S2.C5H12N2O2S.C2H6.CH4/c1-39(2,3)52(34-12-8-6-9-13-34,35-14-10-7-11-15-35)49-29-24-36(38(44)41-25-27-42(28-26-41)51(5,47)48)40-37(43)32-18-16-30(17-19-32)31-20-22-33(23-21-31)50(4,45)46;1-34(2,3)43(29-11-7-5-8-12-29,30-13-9-6-10-14-30)41-24-23-31(33(37)38)35-32(36)27-17-15-25(16-18-27)26-19-21-28(22-20-26)42(4,39)40;1-34(30,31)20-9-7-18(8-10-20)17-3-5-19(6-4-17)22(28)24-21(11-16-27)23(29)25-12-14-26(15-13-25)35(2,32)33;1-10(8,9)7-4-2-6-3-5-7;1-2;/h6-23,36H,24-29H2,1-5H3,(H,40,43);5-22,31H,23-24H2,1-4H3,(H,35,36)(H,37,38);3-10,21,27H,11-16H2,1-2H3,(H,24,28);6H,2-5H2,1H3;1-2H3;1H4/t36-;31-;21-;;;/m000.../s1/i;;;;2*1D. The minimum atomic E-state index is -3.40. The molecule has 3 heterocycles. The SMILES string of the molecule is CC(C)(C)[Si](OCC[C@H](NC(=O)c1ccc(-c2ccc(S(C)(=O)=O)cc2)cc1)C(=O)N1CCN(S(C)(=O)=O)CC1)(c1ccccc1)c1ccccc1.CC(C)(C)[Si](OCC[C@H](NC(=O)c1ccc(-c2ccc(S(C)(=O)=O)cc2)cc1)C(=O)O)(c1ccccc1)c1ccccc1.CS(=O)(=O)N1CCNCC1.CS(=O)(=O)c1ccc(-c2ccc(C(=O)N[C@@H](CCO)C(=O)N3CCN(S(C)(=O)=O)CC3)cc2)cc1.[2H]C.[2H]CC. The number of hydrogen-bond acceptors (Lipinski definition) is 22. The van der Waals surface area contributed by atoms with Gasteiger partial charge in [0.15, 0.2) is 29.5 Å². The van der Waals surface area contributed by atoms with Crippen molar-refractivity contribution < 1.29 is 101 Å². The number of nitrogens with one attached hydrogen (secondary N) is 4. The lowest BCUT2D eigenvalue weighted by atomic mass is 10.0. The molecule has 0 bridgehead atoms. The number of hydrogen-bond donors (Lipinski definition) is 6. The number of nitrogens with zero attached hydrogens (tertiary/aromatic N) is 5. The monoisotopic (exact) mass is 2110 g/mol. The lowest BCUT2D eigenvalue weighted by molar-refractivity contribution is -0.139. The van der Waals surface area contributed by atoms with Crippen molar-refractivity contribution in [3.8, 4) is 33.4 Å². The summed E-state index contributed by atoms with van der Waals surface area (Å²) in [5.74, 6) is -3.22. The van der Waals surface area contributed by atoms with E-state index in [9.17, 15) is 89.5 Å². The van der Waals surface area contributed by atoms with Crippen LogP contribution in [0.4, 0.5) is 0 Å². The Kier molecular flexibility index (Phi) is 41.1. The van der Waals surface area contributed by atoms with E-state index in [1.165, 1.54) is 55.7 Å². The van der Waals surface area contributed by atoms with E-state index in [0.717, 1.165) is 98.5 Å². The van der Waals surface area contributed by atoms with Gasteiger partial charge in [0, 0.05) is 143 Å². The lowest BCUT2D eigenvalue weighted by Gasteiger charge is -2.43. The van der Waals surface area contributed by atoms with Crippen LogP contribution in [-0.2, 0) is 82.8 Å². The lowest BCUT2D eigenvalue weighted by Crippen LogP contribution is -2.66. The van der Waals surface area contributed by atoms with E-state index in [1.807, 2.05) is 72.8 Å². The second-order valence-corrected chi connectivity index (χ2v) is 57.1. The van der Waals surface area contributed by atoms with E-state index in [1.54, 1.807) is 133 Å². The Morgan fingerprint density at radius 1 is 0.364 bits per heavy atom. The minimum Gasteiger partial charge on any atom is -0.480 e. The Labute approximate surface area is 849 Å². The zero-order valence-electron chi connectivity index (χ0n) is 85.3. The minimum absolute atomic E-state index is 0.0294. The van der Waals surface area contributed by atoms with Crippen LogP contribution in [0.3, 0.4) is 0 Å². The summed E-state index contributed by atoms with van der Waals surface area (Å²) in [6.07, 6.45) is 7.30. The molecule has 39 heteroatoms. The molecule has 3 aliphatic rings. The largest absolute Gasteiger partial charge is 0.480 e. The van der Waals surface area contributed by atoms with E-state index in [0.29, 0.717) is 36.7 Å².